The van der Waals surface area contributed by atoms with Crippen molar-refractivity contribution in [1.29, 1.82) is 0 Å². The number of likely N-dealkylation sites (N-methyl/N-ethyl adjacent to an activating group) is 1. The monoisotopic (exact) mass is 472 g/mol. The van der Waals surface area contributed by atoms with Gasteiger partial charge in [-0.25, -0.2) is 9.78 Å². The van der Waals surface area contributed by atoms with Gasteiger partial charge in [0.25, 0.3) is 11.5 Å². The zero-order valence-corrected chi connectivity index (χ0v) is 20.1. The van der Waals surface area contributed by atoms with Crippen LogP contribution in [0.1, 0.15) is 26.7 Å². The summed E-state index contributed by atoms with van der Waals surface area (Å²) in [7, 11) is 3.83. The third-order valence-corrected chi connectivity index (χ3v) is 5.23. The van der Waals surface area contributed by atoms with E-state index in [-0.39, 0.29) is 35.3 Å². The number of aromatic hydroxyl groups is 1. The van der Waals surface area contributed by atoms with Crippen molar-refractivity contribution in [3.05, 3.63) is 39.0 Å². The number of aromatic amines is 1. The Balaban J connectivity index is 1.86. The number of rotatable bonds is 11. The SMILES string of the molecule is CCCn1c(=O)c2[nH]c(-c3ccc(OCC(=O)NCCN(C)C)cc3O)nc2n(CCC)c1=O. The lowest BCUT2D eigenvalue weighted by Gasteiger charge is -2.11. The smallest absolute Gasteiger partial charge is 0.332 e. The number of nitrogens with one attached hydrogen (secondary N) is 2. The molecular formula is C23H32N6O5. The van der Waals surface area contributed by atoms with Gasteiger partial charge in [-0.15, -0.1) is 0 Å². The fourth-order valence-corrected chi connectivity index (χ4v) is 3.56. The molecule has 2 aromatic heterocycles. The molecule has 11 heteroatoms. The highest BCUT2D eigenvalue weighted by molar-refractivity contribution is 5.78. The average Bonchev–Trinajstić information content (AvgIpc) is 3.23. The molecule has 0 bridgehead atoms. The maximum absolute atomic E-state index is 12.9. The summed E-state index contributed by atoms with van der Waals surface area (Å²) in [5.74, 6) is 0.173. The van der Waals surface area contributed by atoms with Crippen LogP contribution in [0.2, 0.25) is 0 Å². The van der Waals surface area contributed by atoms with E-state index in [4.69, 9.17) is 4.74 Å². The minimum Gasteiger partial charge on any atom is -0.507 e. The van der Waals surface area contributed by atoms with Crippen LogP contribution in [0.4, 0.5) is 0 Å². The Morgan fingerprint density at radius 1 is 1.18 bits per heavy atom. The zero-order chi connectivity index (χ0) is 24.8. The third-order valence-electron chi connectivity index (χ3n) is 5.23. The Morgan fingerprint density at radius 3 is 2.53 bits per heavy atom. The minimum absolute atomic E-state index is 0.136. The van der Waals surface area contributed by atoms with Crippen molar-refractivity contribution in [2.75, 3.05) is 33.8 Å². The maximum Gasteiger partial charge on any atom is 0.332 e. The van der Waals surface area contributed by atoms with Gasteiger partial charge in [-0.1, -0.05) is 13.8 Å². The van der Waals surface area contributed by atoms with Gasteiger partial charge < -0.3 is 25.0 Å². The highest BCUT2D eigenvalue weighted by Crippen LogP contribution is 2.31. The number of nitrogens with zero attached hydrogens (tertiary/aromatic N) is 4. The van der Waals surface area contributed by atoms with Gasteiger partial charge in [-0.2, -0.15) is 0 Å². The zero-order valence-electron chi connectivity index (χ0n) is 20.1. The van der Waals surface area contributed by atoms with Crippen molar-refractivity contribution in [3.8, 4) is 22.9 Å². The number of hydrogen-bond donors (Lipinski definition) is 3. The number of phenolic OH excluding ortho intramolecular Hbond substituents is 1. The maximum atomic E-state index is 12.9. The lowest BCUT2D eigenvalue weighted by atomic mass is 10.2. The number of carbonyl (C=O) groups is 1. The van der Waals surface area contributed by atoms with Crippen LogP contribution in [0.25, 0.3) is 22.6 Å². The van der Waals surface area contributed by atoms with Gasteiger partial charge >= 0.3 is 5.69 Å². The molecule has 0 spiro atoms. The van der Waals surface area contributed by atoms with E-state index in [2.05, 4.69) is 15.3 Å². The van der Waals surface area contributed by atoms with E-state index in [1.807, 2.05) is 32.8 Å². The Morgan fingerprint density at radius 2 is 1.88 bits per heavy atom. The van der Waals surface area contributed by atoms with E-state index in [0.717, 1.165) is 0 Å². The second-order valence-electron chi connectivity index (χ2n) is 8.30. The Kier molecular flexibility index (Phi) is 8.11. The van der Waals surface area contributed by atoms with E-state index in [0.29, 0.717) is 50.3 Å². The molecule has 0 saturated heterocycles. The van der Waals surface area contributed by atoms with Gasteiger partial charge in [0.1, 0.15) is 22.8 Å². The molecule has 0 atom stereocenters. The predicted octanol–water partition coefficient (Wildman–Crippen LogP) is 1.14. The number of phenols is 1. The van der Waals surface area contributed by atoms with Gasteiger partial charge in [0.2, 0.25) is 0 Å². The number of fused-ring (bicyclic) bond motifs is 1. The van der Waals surface area contributed by atoms with Crippen LogP contribution in [0.5, 0.6) is 11.5 Å². The van der Waals surface area contributed by atoms with Crippen molar-refractivity contribution in [3.63, 3.8) is 0 Å². The van der Waals surface area contributed by atoms with Crippen LogP contribution in [0.15, 0.2) is 27.8 Å². The normalized spacial score (nSPS) is 11.3. The van der Waals surface area contributed by atoms with Crippen LogP contribution < -0.4 is 21.3 Å². The predicted molar refractivity (Wildman–Crippen MR) is 129 cm³/mol. The number of H-pyrrole nitrogens is 1. The number of ether oxygens (including phenoxy) is 1. The molecule has 0 radical (unpaired) electrons. The largest absolute Gasteiger partial charge is 0.507 e. The summed E-state index contributed by atoms with van der Waals surface area (Å²) in [5.41, 5.74) is -0.0152. The van der Waals surface area contributed by atoms with Gasteiger partial charge in [-0.05, 0) is 39.1 Å². The van der Waals surface area contributed by atoms with Gasteiger partial charge in [0, 0.05) is 32.2 Å². The second kappa shape index (κ2) is 11.0. The molecule has 34 heavy (non-hydrogen) atoms. The fourth-order valence-electron chi connectivity index (χ4n) is 3.56. The molecule has 1 amide bonds. The number of hydrogen-bond acceptors (Lipinski definition) is 7. The van der Waals surface area contributed by atoms with Crippen LogP contribution in [-0.4, -0.2) is 68.8 Å². The molecule has 0 unspecified atom stereocenters. The van der Waals surface area contributed by atoms with Crippen LogP contribution in [0.3, 0.4) is 0 Å². The first-order valence-corrected chi connectivity index (χ1v) is 11.4. The molecule has 3 aromatic rings. The summed E-state index contributed by atoms with van der Waals surface area (Å²) in [5, 5.41) is 13.3. The van der Waals surface area contributed by atoms with Crippen molar-refractivity contribution < 1.29 is 14.6 Å². The minimum atomic E-state index is -0.437. The molecule has 0 aliphatic rings. The van der Waals surface area contributed by atoms with Crippen LogP contribution >= 0.6 is 0 Å². The van der Waals surface area contributed by atoms with E-state index in [9.17, 15) is 19.5 Å². The van der Waals surface area contributed by atoms with E-state index in [1.54, 1.807) is 12.1 Å². The molecule has 0 fully saturated rings. The van der Waals surface area contributed by atoms with Crippen molar-refractivity contribution >= 4 is 17.1 Å². The molecule has 0 aliphatic carbocycles. The van der Waals surface area contributed by atoms with Crippen LogP contribution in [-0.2, 0) is 17.9 Å². The van der Waals surface area contributed by atoms with Gasteiger partial charge in [0.15, 0.2) is 12.3 Å². The average molecular weight is 473 g/mol. The molecule has 184 valence electrons. The number of aromatic nitrogens is 4. The number of carbonyl (C=O) groups excluding carboxylic acids is 1. The Hall–Kier alpha value is -3.60. The number of benzene rings is 1. The highest BCUT2D eigenvalue weighted by Gasteiger charge is 2.19. The number of imidazole rings is 1. The van der Waals surface area contributed by atoms with Gasteiger partial charge in [-0.3, -0.25) is 18.7 Å². The van der Waals surface area contributed by atoms with E-state index >= 15 is 0 Å². The fraction of sp³-hybridized carbons (Fsp3) is 0.478. The summed E-state index contributed by atoms with van der Waals surface area (Å²) >= 11 is 0. The molecule has 11 nitrogen and oxygen atoms in total. The summed E-state index contributed by atoms with van der Waals surface area (Å²) < 4.78 is 8.16. The standard InChI is InChI=1S/C23H32N6O5/c1-5-10-28-21-19(22(32)29(11-6-2)23(28)33)25-20(26-21)16-8-7-15(13-17(16)30)34-14-18(31)24-9-12-27(3)4/h7-8,13,30H,5-6,9-12,14H2,1-4H3,(H,24,31)(H,25,26). The lowest BCUT2D eigenvalue weighted by molar-refractivity contribution is -0.123. The molecule has 1 aromatic carbocycles. The number of aryl methyl sites for hydroxylation is 1. The highest BCUT2D eigenvalue weighted by atomic mass is 16.5. The molecule has 0 aliphatic heterocycles. The van der Waals surface area contributed by atoms with E-state index in [1.165, 1.54) is 15.2 Å². The summed E-state index contributed by atoms with van der Waals surface area (Å²) in [6, 6.07) is 4.56. The molecule has 3 N–H and O–H groups in total. The van der Waals surface area contributed by atoms with Crippen molar-refractivity contribution in [1.82, 2.24) is 29.3 Å². The van der Waals surface area contributed by atoms with E-state index < -0.39 is 11.2 Å². The quantitative estimate of drug-likeness (QED) is 0.381. The Bertz CT molecular complexity index is 1270. The van der Waals surface area contributed by atoms with Gasteiger partial charge in [0.05, 0.1) is 5.56 Å². The first kappa shape index (κ1) is 25.0. The lowest BCUT2D eigenvalue weighted by Crippen LogP contribution is -2.40. The first-order chi connectivity index (χ1) is 16.3. The third kappa shape index (κ3) is 5.48. The molecule has 3 rings (SSSR count). The molecular weight excluding hydrogens is 440 g/mol. The number of amides is 1. The Labute approximate surface area is 197 Å². The van der Waals surface area contributed by atoms with Crippen molar-refractivity contribution in [2.45, 2.75) is 39.8 Å². The summed E-state index contributed by atoms with van der Waals surface area (Å²) in [4.78, 5) is 47.0. The topological polar surface area (TPSA) is 134 Å². The summed E-state index contributed by atoms with van der Waals surface area (Å²) in [6.45, 7) is 5.60. The van der Waals surface area contributed by atoms with Crippen LogP contribution in [0, 0.1) is 0 Å². The molecule has 0 saturated carbocycles. The molecule has 2 heterocycles. The second-order valence-corrected chi connectivity index (χ2v) is 8.30. The van der Waals surface area contributed by atoms with Crippen molar-refractivity contribution in [2.24, 2.45) is 0 Å². The first-order valence-electron chi connectivity index (χ1n) is 11.4. The summed E-state index contributed by atoms with van der Waals surface area (Å²) in [6.07, 6.45) is 1.34.